The summed E-state index contributed by atoms with van der Waals surface area (Å²) in [5.74, 6) is 0. The standard InChI is InChI=1S/C37H24N2O/c1-38-30-12-5-3-11-27(30)37-33(38)14-8-15-34(37)39-31-13-6-2-9-25(31)28-21-23(17-19-32(28)39)24-18-20-36-29(22-24)26-10-4-7-16-35(26)40-36/h2-22H,1H3. The van der Waals surface area contributed by atoms with Crippen LogP contribution in [0.25, 0.3) is 82.4 Å². The first kappa shape index (κ1) is 21.6. The number of furan rings is 1. The average Bonchev–Trinajstić information content (AvgIpc) is 3.64. The summed E-state index contributed by atoms with van der Waals surface area (Å²) < 4.78 is 10.8. The normalized spacial score (nSPS) is 12.1. The molecule has 0 unspecified atom stereocenters. The molecule has 0 aliphatic carbocycles. The Morgan fingerprint density at radius 3 is 1.95 bits per heavy atom. The molecule has 0 bridgehead atoms. The van der Waals surface area contributed by atoms with Gasteiger partial charge in [0.25, 0.3) is 0 Å². The Balaban J connectivity index is 1.33. The molecule has 0 radical (unpaired) electrons. The number of benzene rings is 6. The number of hydrogen-bond donors (Lipinski definition) is 0. The van der Waals surface area contributed by atoms with E-state index >= 15 is 0 Å². The molecule has 3 heteroatoms. The first-order valence-corrected chi connectivity index (χ1v) is 13.7. The van der Waals surface area contributed by atoms with Crippen LogP contribution in [-0.4, -0.2) is 9.13 Å². The van der Waals surface area contributed by atoms with Gasteiger partial charge in [-0.15, -0.1) is 0 Å². The van der Waals surface area contributed by atoms with E-state index in [0.717, 1.165) is 21.9 Å². The number of hydrogen-bond acceptors (Lipinski definition) is 1. The van der Waals surface area contributed by atoms with E-state index in [-0.39, 0.29) is 0 Å². The molecule has 6 aromatic carbocycles. The van der Waals surface area contributed by atoms with Crippen LogP contribution < -0.4 is 0 Å². The van der Waals surface area contributed by atoms with Crippen molar-refractivity contribution >= 4 is 65.6 Å². The lowest BCUT2D eigenvalue weighted by molar-refractivity contribution is 0.669. The molecule has 0 N–H and O–H groups in total. The van der Waals surface area contributed by atoms with Crippen molar-refractivity contribution in [2.24, 2.45) is 7.05 Å². The van der Waals surface area contributed by atoms with Crippen molar-refractivity contribution in [3.8, 4) is 16.8 Å². The number of nitrogens with zero attached hydrogens (tertiary/aromatic N) is 2. The van der Waals surface area contributed by atoms with Crippen LogP contribution in [0.3, 0.4) is 0 Å². The molecule has 3 heterocycles. The van der Waals surface area contributed by atoms with E-state index in [9.17, 15) is 0 Å². The minimum atomic E-state index is 0.922. The van der Waals surface area contributed by atoms with Gasteiger partial charge in [0.2, 0.25) is 0 Å². The van der Waals surface area contributed by atoms with Gasteiger partial charge in [-0.3, -0.25) is 0 Å². The Morgan fingerprint density at radius 1 is 0.450 bits per heavy atom. The molecule has 0 atom stereocenters. The molecule has 0 spiro atoms. The summed E-state index contributed by atoms with van der Waals surface area (Å²) in [4.78, 5) is 0. The summed E-state index contributed by atoms with van der Waals surface area (Å²) in [7, 11) is 2.16. The molecule has 3 nitrogen and oxygen atoms in total. The molecule has 0 saturated carbocycles. The zero-order valence-electron chi connectivity index (χ0n) is 21.9. The fraction of sp³-hybridized carbons (Fsp3) is 0.0270. The van der Waals surface area contributed by atoms with E-state index in [1.54, 1.807) is 0 Å². The fourth-order valence-corrected chi connectivity index (χ4v) is 6.70. The van der Waals surface area contributed by atoms with Gasteiger partial charge in [0.15, 0.2) is 0 Å². The molecule has 9 rings (SSSR count). The highest BCUT2D eigenvalue weighted by atomic mass is 16.3. The van der Waals surface area contributed by atoms with Crippen molar-refractivity contribution in [2.45, 2.75) is 0 Å². The number of fused-ring (bicyclic) bond motifs is 9. The predicted octanol–water partition coefficient (Wildman–Crippen LogP) is 9.99. The van der Waals surface area contributed by atoms with Gasteiger partial charge in [-0.05, 0) is 65.7 Å². The van der Waals surface area contributed by atoms with Crippen molar-refractivity contribution in [2.75, 3.05) is 0 Å². The maximum absolute atomic E-state index is 6.09. The Morgan fingerprint density at radius 2 is 1.07 bits per heavy atom. The summed E-state index contributed by atoms with van der Waals surface area (Å²) >= 11 is 0. The number of aromatic nitrogens is 2. The van der Waals surface area contributed by atoms with Crippen molar-refractivity contribution < 1.29 is 4.42 Å². The van der Waals surface area contributed by atoms with Crippen LogP contribution in [0.1, 0.15) is 0 Å². The van der Waals surface area contributed by atoms with Crippen LogP contribution in [0, 0.1) is 0 Å². The monoisotopic (exact) mass is 512 g/mol. The lowest BCUT2D eigenvalue weighted by atomic mass is 10.0. The van der Waals surface area contributed by atoms with Crippen LogP contribution in [0.15, 0.2) is 132 Å². The SMILES string of the molecule is Cn1c2ccccc2c2c(-n3c4ccccc4c4cc(-c5ccc6oc7ccccc7c6c5)ccc43)cccc21. The van der Waals surface area contributed by atoms with E-state index in [2.05, 4.69) is 131 Å². The second-order valence-electron chi connectivity index (χ2n) is 10.6. The highest BCUT2D eigenvalue weighted by molar-refractivity contribution is 6.16. The minimum absolute atomic E-state index is 0.922. The summed E-state index contributed by atoms with van der Waals surface area (Å²) in [5.41, 5.74) is 10.4. The number of para-hydroxylation sites is 3. The van der Waals surface area contributed by atoms with Gasteiger partial charge in [0, 0.05) is 44.9 Å². The molecular formula is C37H24N2O. The number of rotatable bonds is 2. The lowest BCUT2D eigenvalue weighted by Gasteiger charge is -2.11. The molecular weight excluding hydrogens is 488 g/mol. The second-order valence-corrected chi connectivity index (χ2v) is 10.6. The Bertz CT molecular complexity index is 2450. The van der Waals surface area contributed by atoms with E-state index in [1.807, 2.05) is 12.1 Å². The van der Waals surface area contributed by atoms with Crippen LogP contribution in [0.2, 0.25) is 0 Å². The van der Waals surface area contributed by atoms with Crippen molar-refractivity contribution in [1.29, 1.82) is 0 Å². The Labute approximate surface area is 230 Å². The molecule has 0 fully saturated rings. The molecule has 0 saturated heterocycles. The van der Waals surface area contributed by atoms with E-state index in [1.165, 1.54) is 60.4 Å². The lowest BCUT2D eigenvalue weighted by Crippen LogP contribution is -1.95. The summed E-state index contributed by atoms with van der Waals surface area (Å²) in [6, 6.07) is 45.8. The van der Waals surface area contributed by atoms with Gasteiger partial charge in [-0.1, -0.05) is 72.8 Å². The number of aryl methyl sites for hydroxylation is 1. The van der Waals surface area contributed by atoms with Crippen LogP contribution >= 0.6 is 0 Å². The van der Waals surface area contributed by atoms with E-state index in [4.69, 9.17) is 4.42 Å². The molecule has 3 aromatic heterocycles. The maximum Gasteiger partial charge on any atom is 0.135 e. The third kappa shape index (κ3) is 2.84. The summed E-state index contributed by atoms with van der Waals surface area (Å²) in [5, 5.41) is 7.37. The molecule has 0 aliphatic heterocycles. The van der Waals surface area contributed by atoms with Gasteiger partial charge in [-0.2, -0.15) is 0 Å². The first-order valence-electron chi connectivity index (χ1n) is 13.7. The van der Waals surface area contributed by atoms with Crippen LogP contribution in [0.4, 0.5) is 0 Å². The van der Waals surface area contributed by atoms with E-state index in [0.29, 0.717) is 0 Å². The zero-order chi connectivity index (χ0) is 26.4. The largest absolute Gasteiger partial charge is 0.456 e. The van der Waals surface area contributed by atoms with E-state index < -0.39 is 0 Å². The second kappa shape index (κ2) is 7.87. The Hall–Kier alpha value is -5.28. The van der Waals surface area contributed by atoms with Crippen molar-refractivity contribution in [1.82, 2.24) is 9.13 Å². The minimum Gasteiger partial charge on any atom is -0.456 e. The molecule has 188 valence electrons. The van der Waals surface area contributed by atoms with Gasteiger partial charge in [0.1, 0.15) is 11.2 Å². The zero-order valence-corrected chi connectivity index (χ0v) is 21.9. The van der Waals surface area contributed by atoms with Crippen LogP contribution in [0.5, 0.6) is 0 Å². The average molecular weight is 513 g/mol. The smallest absolute Gasteiger partial charge is 0.135 e. The fourth-order valence-electron chi connectivity index (χ4n) is 6.70. The van der Waals surface area contributed by atoms with Gasteiger partial charge >= 0.3 is 0 Å². The third-order valence-electron chi connectivity index (χ3n) is 8.54. The topological polar surface area (TPSA) is 23.0 Å². The van der Waals surface area contributed by atoms with Gasteiger partial charge in [0.05, 0.1) is 22.2 Å². The molecule has 40 heavy (non-hydrogen) atoms. The highest BCUT2D eigenvalue weighted by Gasteiger charge is 2.18. The maximum atomic E-state index is 6.09. The molecule has 0 aliphatic rings. The highest BCUT2D eigenvalue weighted by Crippen LogP contribution is 2.40. The Kier molecular flexibility index (Phi) is 4.26. The van der Waals surface area contributed by atoms with Gasteiger partial charge in [-0.25, -0.2) is 0 Å². The summed E-state index contributed by atoms with van der Waals surface area (Å²) in [6.07, 6.45) is 0. The van der Waals surface area contributed by atoms with Crippen LogP contribution in [-0.2, 0) is 7.05 Å². The predicted molar refractivity (Wildman–Crippen MR) is 167 cm³/mol. The van der Waals surface area contributed by atoms with Gasteiger partial charge < -0.3 is 13.6 Å². The third-order valence-corrected chi connectivity index (χ3v) is 8.54. The molecule has 9 aromatic rings. The van der Waals surface area contributed by atoms with Crippen molar-refractivity contribution in [3.63, 3.8) is 0 Å². The quantitative estimate of drug-likeness (QED) is 0.226. The first-order chi connectivity index (χ1) is 19.8. The molecule has 0 amide bonds. The summed E-state index contributed by atoms with van der Waals surface area (Å²) in [6.45, 7) is 0. The van der Waals surface area contributed by atoms with Crippen molar-refractivity contribution in [3.05, 3.63) is 127 Å².